The summed E-state index contributed by atoms with van der Waals surface area (Å²) in [5.41, 5.74) is 1.45. The molecule has 1 amide bonds. The van der Waals surface area contributed by atoms with Gasteiger partial charge in [-0.1, -0.05) is 6.07 Å². The van der Waals surface area contributed by atoms with Crippen molar-refractivity contribution in [1.29, 1.82) is 0 Å². The number of ether oxygens (including phenoxy) is 4. The Kier molecular flexibility index (Phi) is 7.40. The Morgan fingerprint density at radius 1 is 1.00 bits per heavy atom. The first-order valence-corrected chi connectivity index (χ1v) is 10.5. The lowest BCUT2D eigenvalue weighted by Gasteiger charge is -2.45. The first-order valence-electron chi connectivity index (χ1n) is 10.5. The van der Waals surface area contributed by atoms with Crippen LogP contribution in [0.25, 0.3) is 11.1 Å². The SMILES string of the molecule is CC(=O)NC1C(OC(C)=O)C(OC(C)=O)C(COC(C)=O)OC1n1c(=O)oc2ccc(C)cc21. The molecule has 0 aliphatic carbocycles. The molecule has 0 saturated carbocycles. The maximum atomic E-state index is 12.9. The summed E-state index contributed by atoms with van der Waals surface area (Å²) in [6.45, 7) is 6.14. The van der Waals surface area contributed by atoms with Gasteiger partial charge in [-0.3, -0.25) is 19.2 Å². The number of carbonyl (C=O) groups is 4. The van der Waals surface area contributed by atoms with Crippen molar-refractivity contribution in [2.75, 3.05) is 6.61 Å². The number of oxazole rings is 1. The first-order chi connectivity index (χ1) is 16.0. The van der Waals surface area contributed by atoms with Crippen molar-refractivity contribution in [3.8, 4) is 0 Å². The third kappa shape index (κ3) is 5.45. The molecule has 5 atom stereocenters. The standard InChI is InChI=1S/C22H26N2O10/c1-10-6-7-16-15(8-10)24(22(29)34-16)21-18(23-11(2)25)20(32-14(5)28)19(31-13(4)27)17(33-21)9-30-12(3)26/h6-8,17-21H,9H2,1-5H3,(H,23,25). The van der Waals surface area contributed by atoms with Crippen LogP contribution < -0.4 is 11.1 Å². The number of carbonyl (C=O) groups excluding carboxylic acids is 4. The van der Waals surface area contributed by atoms with Crippen LogP contribution in [0.4, 0.5) is 0 Å². The molecule has 0 spiro atoms. The number of amides is 1. The lowest BCUT2D eigenvalue weighted by Crippen LogP contribution is -2.64. The van der Waals surface area contributed by atoms with Crippen molar-refractivity contribution in [2.24, 2.45) is 0 Å². The van der Waals surface area contributed by atoms with E-state index in [4.69, 9.17) is 23.4 Å². The van der Waals surface area contributed by atoms with Gasteiger partial charge in [0.1, 0.15) is 18.8 Å². The Labute approximate surface area is 194 Å². The fourth-order valence-corrected chi connectivity index (χ4v) is 3.91. The van der Waals surface area contributed by atoms with Crippen LogP contribution in [-0.4, -0.2) is 59.3 Å². The molecule has 184 valence electrons. The molecule has 1 aliphatic heterocycles. The first kappa shape index (κ1) is 25.0. The van der Waals surface area contributed by atoms with Crippen LogP contribution in [0.5, 0.6) is 0 Å². The Bertz CT molecular complexity index is 1170. The summed E-state index contributed by atoms with van der Waals surface area (Å²) in [5, 5.41) is 2.63. The van der Waals surface area contributed by atoms with Crippen LogP contribution in [0.15, 0.2) is 27.4 Å². The minimum absolute atomic E-state index is 0.267. The van der Waals surface area contributed by atoms with Crippen LogP contribution in [0.2, 0.25) is 0 Å². The zero-order valence-electron chi connectivity index (χ0n) is 19.4. The maximum Gasteiger partial charge on any atom is 0.422 e. The van der Waals surface area contributed by atoms with Gasteiger partial charge in [-0.25, -0.2) is 9.36 Å². The summed E-state index contributed by atoms with van der Waals surface area (Å²) < 4.78 is 28.5. The number of fused-ring (bicyclic) bond motifs is 1. The number of nitrogens with zero attached hydrogens (tertiary/aromatic N) is 1. The van der Waals surface area contributed by atoms with E-state index in [2.05, 4.69) is 5.32 Å². The fraction of sp³-hybridized carbons (Fsp3) is 0.500. The van der Waals surface area contributed by atoms with Gasteiger partial charge in [-0.15, -0.1) is 0 Å². The minimum Gasteiger partial charge on any atom is -0.463 e. The summed E-state index contributed by atoms with van der Waals surface area (Å²) in [4.78, 5) is 60.2. The number of benzene rings is 1. The number of aryl methyl sites for hydroxylation is 1. The van der Waals surface area contributed by atoms with E-state index >= 15 is 0 Å². The highest BCUT2D eigenvalue weighted by molar-refractivity contribution is 5.75. The molecule has 1 aromatic heterocycles. The monoisotopic (exact) mass is 478 g/mol. The van der Waals surface area contributed by atoms with Gasteiger partial charge in [0.05, 0.1) is 5.52 Å². The predicted molar refractivity (Wildman–Crippen MR) is 114 cm³/mol. The third-order valence-electron chi connectivity index (χ3n) is 5.11. The molecule has 2 heterocycles. The molecular formula is C22H26N2O10. The molecule has 1 aromatic carbocycles. The van der Waals surface area contributed by atoms with Crippen molar-refractivity contribution in [3.05, 3.63) is 34.3 Å². The third-order valence-corrected chi connectivity index (χ3v) is 5.11. The van der Waals surface area contributed by atoms with Gasteiger partial charge in [0.2, 0.25) is 5.91 Å². The van der Waals surface area contributed by atoms with Gasteiger partial charge in [0.25, 0.3) is 0 Å². The summed E-state index contributed by atoms with van der Waals surface area (Å²) in [6.07, 6.45) is -4.96. The van der Waals surface area contributed by atoms with Gasteiger partial charge in [-0.05, 0) is 24.6 Å². The molecule has 5 unspecified atom stereocenters. The molecule has 1 fully saturated rings. The van der Waals surface area contributed by atoms with E-state index in [9.17, 15) is 24.0 Å². The van der Waals surface area contributed by atoms with E-state index in [1.807, 2.05) is 6.92 Å². The quantitative estimate of drug-likeness (QED) is 0.464. The van der Waals surface area contributed by atoms with Crippen molar-refractivity contribution in [2.45, 2.75) is 65.2 Å². The second kappa shape index (κ2) is 10.1. The largest absolute Gasteiger partial charge is 0.463 e. The van der Waals surface area contributed by atoms with Crippen LogP contribution in [0.1, 0.15) is 39.5 Å². The van der Waals surface area contributed by atoms with Gasteiger partial charge < -0.3 is 28.7 Å². The summed E-state index contributed by atoms with van der Waals surface area (Å²) in [6, 6.07) is 3.89. The van der Waals surface area contributed by atoms with Crippen LogP contribution in [0, 0.1) is 6.92 Å². The molecule has 1 saturated heterocycles. The summed E-state index contributed by atoms with van der Waals surface area (Å²) >= 11 is 0. The van der Waals surface area contributed by atoms with Crippen LogP contribution >= 0.6 is 0 Å². The average Bonchev–Trinajstić information content (AvgIpc) is 3.03. The summed E-state index contributed by atoms with van der Waals surface area (Å²) in [5.74, 6) is -3.39. The number of nitrogens with one attached hydrogen (secondary N) is 1. The lowest BCUT2D eigenvalue weighted by molar-refractivity contribution is -0.237. The average molecular weight is 478 g/mol. The van der Waals surface area contributed by atoms with Gasteiger partial charge >= 0.3 is 23.7 Å². The Morgan fingerprint density at radius 2 is 1.65 bits per heavy atom. The maximum absolute atomic E-state index is 12.9. The number of hydrogen-bond donors (Lipinski definition) is 1. The second-order valence-electron chi connectivity index (χ2n) is 7.95. The zero-order chi connectivity index (χ0) is 25.2. The van der Waals surface area contributed by atoms with Crippen molar-refractivity contribution in [1.82, 2.24) is 9.88 Å². The predicted octanol–water partition coefficient (Wildman–Crippen LogP) is 0.732. The van der Waals surface area contributed by atoms with Crippen molar-refractivity contribution in [3.63, 3.8) is 0 Å². The smallest absolute Gasteiger partial charge is 0.422 e. The van der Waals surface area contributed by atoms with E-state index in [0.29, 0.717) is 5.52 Å². The zero-order valence-corrected chi connectivity index (χ0v) is 19.4. The molecule has 3 rings (SSSR count). The summed E-state index contributed by atoms with van der Waals surface area (Å²) in [7, 11) is 0. The molecule has 0 radical (unpaired) electrons. The Balaban J connectivity index is 2.19. The van der Waals surface area contributed by atoms with E-state index < -0.39 is 60.2 Å². The topological polar surface area (TPSA) is 152 Å². The van der Waals surface area contributed by atoms with Gasteiger partial charge in [0.15, 0.2) is 24.0 Å². The second-order valence-corrected chi connectivity index (χ2v) is 7.95. The highest BCUT2D eigenvalue weighted by Gasteiger charge is 2.52. The minimum atomic E-state index is -1.29. The molecule has 12 nitrogen and oxygen atoms in total. The Hall–Kier alpha value is -3.67. The highest BCUT2D eigenvalue weighted by Crippen LogP contribution is 2.34. The van der Waals surface area contributed by atoms with Crippen molar-refractivity contribution >= 4 is 34.9 Å². The Morgan fingerprint density at radius 3 is 2.24 bits per heavy atom. The number of rotatable bonds is 6. The molecule has 1 N–H and O–H groups in total. The highest BCUT2D eigenvalue weighted by atomic mass is 16.6. The van der Waals surface area contributed by atoms with E-state index in [0.717, 1.165) is 19.4 Å². The van der Waals surface area contributed by atoms with E-state index in [-0.39, 0.29) is 12.2 Å². The van der Waals surface area contributed by atoms with Crippen LogP contribution in [0.3, 0.4) is 0 Å². The molecule has 2 aromatic rings. The number of hydrogen-bond acceptors (Lipinski definition) is 10. The van der Waals surface area contributed by atoms with Gasteiger partial charge in [-0.2, -0.15) is 0 Å². The van der Waals surface area contributed by atoms with E-state index in [1.165, 1.54) is 18.4 Å². The molecule has 0 bridgehead atoms. The van der Waals surface area contributed by atoms with Crippen molar-refractivity contribution < 1.29 is 42.5 Å². The molecule has 1 aliphatic rings. The lowest BCUT2D eigenvalue weighted by atomic mass is 9.94. The number of aromatic nitrogens is 1. The normalized spacial score (nSPS) is 24.3. The molecule has 34 heavy (non-hydrogen) atoms. The molecule has 12 heteroatoms. The van der Waals surface area contributed by atoms with Crippen LogP contribution in [-0.2, 0) is 38.1 Å². The number of esters is 3. The fourth-order valence-electron chi connectivity index (χ4n) is 3.91. The van der Waals surface area contributed by atoms with E-state index in [1.54, 1.807) is 18.2 Å². The molecular weight excluding hydrogens is 452 g/mol. The van der Waals surface area contributed by atoms with Gasteiger partial charge in [0, 0.05) is 27.7 Å².